The van der Waals surface area contributed by atoms with Gasteiger partial charge in [0.25, 0.3) is 0 Å². The number of epoxide rings is 1. The fourth-order valence-corrected chi connectivity index (χ4v) is 8.14. The zero-order valence-corrected chi connectivity index (χ0v) is 22.1. The molecule has 4 fully saturated rings. The summed E-state index contributed by atoms with van der Waals surface area (Å²) in [5, 5.41) is 22.8. The molecule has 5 aliphatic rings. The molecule has 1 heterocycles. The van der Waals surface area contributed by atoms with Gasteiger partial charge in [-0.1, -0.05) is 19.4 Å². The Labute approximate surface area is 235 Å². The van der Waals surface area contributed by atoms with E-state index in [2.05, 4.69) is 6.92 Å². The van der Waals surface area contributed by atoms with E-state index in [1.54, 1.807) is 6.08 Å². The summed E-state index contributed by atoms with van der Waals surface area (Å²) in [6.45, 7) is 4.01. The maximum atomic E-state index is 13.3. The number of carbonyl (C=O) groups is 3. The van der Waals surface area contributed by atoms with Gasteiger partial charge in [0, 0.05) is 29.1 Å². The molecule has 8 heteroatoms. The second kappa shape index (κ2) is 7.97. The van der Waals surface area contributed by atoms with Crippen LogP contribution >= 0.6 is 0 Å². The van der Waals surface area contributed by atoms with Gasteiger partial charge in [0.05, 0.1) is 28.8 Å². The van der Waals surface area contributed by atoms with E-state index in [0.29, 0.717) is 32.1 Å². The second-order valence-electron chi connectivity index (χ2n) is 10.8. The van der Waals surface area contributed by atoms with Crippen LogP contribution in [0.3, 0.4) is 0 Å². The molecular weight excluding hydrogens is 439 g/mol. The number of esters is 1. The van der Waals surface area contributed by atoms with Crippen molar-refractivity contribution in [1.82, 2.24) is 0 Å². The Kier molecular flexibility index (Phi) is 5.28. The van der Waals surface area contributed by atoms with E-state index in [9.17, 15) is 24.6 Å². The van der Waals surface area contributed by atoms with Crippen molar-refractivity contribution in [3.8, 4) is 0 Å². The summed E-state index contributed by atoms with van der Waals surface area (Å²) >= 11 is 0. The Morgan fingerprint density at radius 3 is 2.81 bits per heavy atom. The first-order chi connectivity index (χ1) is 15.7. The number of hydrogen-bond donors (Lipinski definition) is 1. The van der Waals surface area contributed by atoms with Crippen LogP contribution in [-0.2, 0) is 23.9 Å². The third-order valence-corrected chi connectivity index (χ3v) is 9.84. The Balaban J connectivity index is 0.00000289. The molecule has 5 rings (SSSR count). The zero-order chi connectivity index (χ0) is 24.9. The van der Waals surface area contributed by atoms with Crippen LogP contribution in [0.2, 0.25) is 0 Å². The monoisotopic (exact) mass is 473 g/mol. The Bertz CT molecular complexity index is 998. The molecule has 170 valence electrons. The normalized spacial score (nSPS) is 50.0. The molecule has 7 nitrogen and oxygen atoms in total. The molecule has 4 aliphatic carbocycles. The van der Waals surface area contributed by atoms with Gasteiger partial charge >= 0.3 is 57.4 Å². The van der Waals surface area contributed by atoms with E-state index in [4.69, 9.17) is 13.6 Å². The van der Waals surface area contributed by atoms with Crippen LogP contribution in [0, 0.1) is 28.6 Å². The van der Waals surface area contributed by atoms with Gasteiger partial charge in [-0.15, -0.1) is 0 Å². The van der Waals surface area contributed by atoms with Crippen molar-refractivity contribution in [2.24, 2.45) is 28.6 Å². The molecule has 0 amide bonds. The maximum absolute atomic E-state index is 13.3. The number of carboxylic acid groups (broad SMARTS) is 1. The third-order valence-electron chi connectivity index (χ3n) is 9.84. The van der Waals surface area contributed by atoms with E-state index in [1.165, 1.54) is 0 Å². The molecule has 1 aliphatic heterocycles. The summed E-state index contributed by atoms with van der Waals surface area (Å²) in [5.41, 5.74) is -2.37. The van der Waals surface area contributed by atoms with Crippen LogP contribution in [0.1, 0.15) is 69.3 Å². The van der Waals surface area contributed by atoms with E-state index in [0.717, 1.165) is 5.57 Å². The van der Waals surface area contributed by atoms with Gasteiger partial charge in [0.2, 0.25) is 0 Å². The Morgan fingerprint density at radius 2 is 2.12 bits per heavy atom. The molecule has 1 unspecified atom stereocenters. The van der Waals surface area contributed by atoms with Gasteiger partial charge in [-0.25, -0.2) is 0 Å². The van der Waals surface area contributed by atoms with Crippen molar-refractivity contribution in [3.05, 3.63) is 11.6 Å². The van der Waals surface area contributed by atoms with E-state index >= 15 is 0 Å². The van der Waals surface area contributed by atoms with Crippen LogP contribution in [-0.4, -0.2) is 47.2 Å². The first-order valence-electron chi connectivity index (χ1n) is 12.7. The second-order valence-corrected chi connectivity index (χ2v) is 10.8. The van der Waals surface area contributed by atoms with Crippen molar-refractivity contribution < 1.29 is 89.6 Å². The molecule has 0 aromatic rings. The van der Waals surface area contributed by atoms with Gasteiger partial charge < -0.3 is 24.5 Å². The van der Waals surface area contributed by atoms with Gasteiger partial charge in [-0.3, -0.25) is 9.59 Å². The number of fused-ring (bicyclic) bond motifs is 3. The predicted octanol–water partition coefficient (Wildman–Crippen LogP) is -1.69. The first kappa shape index (κ1) is 21.2. The minimum atomic E-state index is -2.89. The molecular formula is C24H31KO7. The maximum Gasteiger partial charge on any atom is 1.00 e. The zero-order valence-electron chi connectivity index (χ0n) is 21.9. The Morgan fingerprint density at radius 1 is 1.38 bits per heavy atom. The predicted molar refractivity (Wildman–Crippen MR) is 106 cm³/mol. The summed E-state index contributed by atoms with van der Waals surface area (Å²) in [5.74, 6) is -3.50. The fourth-order valence-electron chi connectivity index (χ4n) is 8.14. The molecule has 0 aromatic carbocycles. The van der Waals surface area contributed by atoms with Crippen LogP contribution in [0.15, 0.2) is 11.6 Å². The number of carbonyl (C=O) groups excluding carboxylic acids is 3. The average Bonchev–Trinajstić information content (AvgIpc) is 3.37. The summed E-state index contributed by atoms with van der Waals surface area (Å²) in [4.78, 5) is 36.7. The molecule has 0 radical (unpaired) electrons. The fraction of sp³-hybridized carbons (Fsp3) is 0.792. The summed E-state index contributed by atoms with van der Waals surface area (Å²) in [7, 11) is -2.89. The number of aliphatic carboxylic acids is 1. The number of methoxy groups -OCH3 is 1. The average molecular weight is 474 g/mol. The molecule has 0 aromatic heterocycles. The van der Waals surface area contributed by atoms with E-state index in [1.807, 2.05) is 6.92 Å². The molecule has 32 heavy (non-hydrogen) atoms. The van der Waals surface area contributed by atoms with Crippen LogP contribution in [0.5, 0.6) is 0 Å². The molecule has 0 bridgehead atoms. The van der Waals surface area contributed by atoms with Gasteiger partial charge in [0.15, 0.2) is 5.78 Å². The van der Waals surface area contributed by atoms with Crippen molar-refractivity contribution in [1.29, 1.82) is 0 Å². The first-order valence-corrected chi connectivity index (χ1v) is 11.2. The molecule has 1 N–H and O–H groups in total. The molecule has 8 atom stereocenters. The van der Waals surface area contributed by atoms with Gasteiger partial charge in [-0.05, 0) is 56.9 Å². The number of aliphatic hydroxyl groups is 1. The van der Waals surface area contributed by atoms with Crippen molar-refractivity contribution in [2.45, 2.75) is 82.5 Å². The molecule has 1 spiro atoms. The quantitative estimate of drug-likeness (QED) is 0.294. The summed E-state index contributed by atoms with van der Waals surface area (Å²) in [6, 6.07) is 0. The summed E-state index contributed by atoms with van der Waals surface area (Å²) in [6.07, 6.45) is 3.75. The minimum absolute atomic E-state index is 0. The number of ketones is 1. The van der Waals surface area contributed by atoms with Crippen molar-refractivity contribution in [2.75, 3.05) is 7.04 Å². The van der Waals surface area contributed by atoms with Crippen LogP contribution in [0.25, 0.3) is 0 Å². The number of ether oxygens (including phenoxy) is 2. The standard InChI is InChI=1S/C24H32O7.K/c1-21-7-4-14(25)10-13(21)11-15(20(28)30-3)19-16-5-8-23(29,9-6-18(26)27)22(16,2)12-17-24(19,21)31-17;/h10,15-17,19,29H,4-9,11-12H2,1-3H3,(H,26,27);/q;+1/p-1/t15-,16+,17-,19+,21+,22+,23-,24?;/m1./s1/i3D3;. The molecule has 1 saturated heterocycles. The smallest absolute Gasteiger partial charge is 0.550 e. The van der Waals surface area contributed by atoms with E-state index < -0.39 is 52.8 Å². The molecule has 3 saturated carbocycles. The Hall–Kier alpha value is -0.0936. The number of carboxylic acids is 1. The van der Waals surface area contributed by atoms with E-state index in [-0.39, 0.29) is 88.5 Å². The van der Waals surface area contributed by atoms with Crippen molar-refractivity contribution in [3.63, 3.8) is 0 Å². The minimum Gasteiger partial charge on any atom is -0.550 e. The van der Waals surface area contributed by atoms with Crippen molar-refractivity contribution >= 4 is 17.7 Å². The number of rotatable bonds is 4. The van der Waals surface area contributed by atoms with Gasteiger partial charge in [-0.2, -0.15) is 0 Å². The van der Waals surface area contributed by atoms with Crippen LogP contribution in [0.4, 0.5) is 0 Å². The van der Waals surface area contributed by atoms with Gasteiger partial charge in [0.1, 0.15) is 5.60 Å². The van der Waals surface area contributed by atoms with Crippen LogP contribution < -0.4 is 56.5 Å². The number of hydrogen-bond acceptors (Lipinski definition) is 7. The third kappa shape index (κ3) is 3.09. The SMILES string of the molecule is [2H]C([2H])([2H])OC(=O)[C@@H]1CC2=CC(=O)CC[C@]2(C)C23O[C@@H]2C[C@@]2(C)[C@@H](CC[C@@]2(O)CCC(=O)[O-])[C@H]13.[K+]. The summed E-state index contributed by atoms with van der Waals surface area (Å²) < 4.78 is 33.7. The topological polar surface area (TPSA) is 116 Å². The largest absolute Gasteiger partial charge is 1.00 e.